The monoisotopic (exact) mass is 301 g/mol. The van der Waals surface area contributed by atoms with Crippen molar-refractivity contribution in [3.63, 3.8) is 0 Å². The number of halogens is 1. The van der Waals surface area contributed by atoms with Gasteiger partial charge in [-0.3, -0.25) is 9.69 Å². The van der Waals surface area contributed by atoms with Crippen LogP contribution in [-0.4, -0.2) is 35.6 Å². The number of likely N-dealkylation sites (tertiary alicyclic amines) is 1. The number of nitrogens with one attached hydrogen (secondary N) is 2. The van der Waals surface area contributed by atoms with Crippen LogP contribution in [0, 0.1) is 11.7 Å². The first kappa shape index (κ1) is 13.9. The van der Waals surface area contributed by atoms with Crippen LogP contribution < -0.4 is 10.7 Å². The van der Waals surface area contributed by atoms with E-state index in [-0.39, 0.29) is 11.2 Å². The second kappa shape index (κ2) is 5.48. The lowest BCUT2D eigenvalue weighted by molar-refractivity contribution is 0.309. The molecule has 0 radical (unpaired) electrons. The van der Waals surface area contributed by atoms with Crippen molar-refractivity contribution in [2.75, 3.05) is 19.6 Å². The molecule has 1 aromatic carbocycles. The number of aromatic nitrogens is 1. The third-order valence-electron chi connectivity index (χ3n) is 4.92. The highest BCUT2D eigenvalue weighted by Gasteiger charge is 2.34. The molecule has 2 fully saturated rings. The molecule has 1 aromatic heterocycles. The minimum absolute atomic E-state index is 0.113. The van der Waals surface area contributed by atoms with Crippen molar-refractivity contribution in [1.82, 2.24) is 15.2 Å². The lowest BCUT2D eigenvalue weighted by Gasteiger charge is -2.24. The van der Waals surface area contributed by atoms with Gasteiger partial charge in [0.25, 0.3) is 0 Å². The fourth-order valence-electron chi connectivity index (χ4n) is 3.87. The predicted molar refractivity (Wildman–Crippen MR) is 84.3 cm³/mol. The summed E-state index contributed by atoms with van der Waals surface area (Å²) >= 11 is 0. The Bertz CT molecular complexity index is 743. The molecule has 2 atom stereocenters. The number of pyridine rings is 1. The van der Waals surface area contributed by atoms with Gasteiger partial charge in [0.05, 0.1) is 0 Å². The Morgan fingerprint density at radius 1 is 1.27 bits per heavy atom. The molecule has 116 valence electrons. The second-order valence-electron chi connectivity index (χ2n) is 6.51. The molecule has 2 saturated heterocycles. The number of nitrogens with zero attached hydrogens (tertiary/aromatic N) is 1. The van der Waals surface area contributed by atoms with Gasteiger partial charge in [-0.1, -0.05) is 0 Å². The average Bonchev–Trinajstić information content (AvgIpc) is 2.90. The molecule has 2 aliphatic rings. The summed E-state index contributed by atoms with van der Waals surface area (Å²) in [5.41, 5.74) is 1.50. The van der Waals surface area contributed by atoms with Crippen molar-refractivity contribution in [3.05, 3.63) is 46.0 Å². The quantitative estimate of drug-likeness (QED) is 0.890. The van der Waals surface area contributed by atoms with Crippen LogP contribution in [0.5, 0.6) is 0 Å². The van der Waals surface area contributed by atoms with Crippen LogP contribution in [-0.2, 0) is 6.54 Å². The number of hydrogen-bond donors (Lipinski definition) is 2. The Balaban J connectivity index is 1.57. The molecule has 5 heteroatoms. The molecule has 2 aliphatic heterocycles. The van der Waals surface area contributed by atoms with Gasteiger partial charge < -0.3 is 10.3 Å². The number of rotatable bonds is 2. The highest BCUT2D eigenvalue weighted by molar-refractivity contribution is 5.78. The van der Waals surface area contributed by atoms with Crippen molar-refractivity contribution in [1.29, 1.82) is 0 Å². The molecule has 4 rings (SSSR count). The van der Waals surface area contributed by atoms with Crippen molar-refractivity contribution < 1.29 is 4.39 Å². The van der Waals surface area contributed by atoms with Gasteiger partial charge in [-0.15, -0.1) is 0 Å². The molecule has 0 bridgehead atoms. The normalized spacial score (nSPS) is 25.5. The number of benzene rings is 1. The largest absolute Gasteiger partial charge is 0.357 e. The van der Waals surface area contributed by atoms with Gasteiger partial charge in [-0.25, -0.2) is 4.39 Å². The standard InChI is InChI=1S/C17H20FN3O/c18-12-3-4-15-14(6-12)17(22)7-13(20-15)9-21-8-11-2-1-5-19-16(11)10-21/h3-4,6-7,11,16,19H,1-2,5,8-10H2,(H,20,22)/t11-,16+/m1/s1. The first-order chi connectivity index (χ1) is 10.7. The Hall–Kier alpha value is -1.72. The maximum absolute atomic E-state index is 13.2. The molecule has 3 heterocycles. The first-order valence-electron chi connectivity index (χ1n) is 7.96. The molecular weight excluding hydrogens is 281 g/mol. The molecule has 22 heavy (non-hydrogen) atoms. The highest BCUT2D eigenvalue weighted by Crippen LogP contribution is 2.25. The predicted octanol–water partition coefficient (Wildman–Crippen LogP) is 1.85. The fourth-order valence-corrected chi connectivity index (χ4v) is 3.87. The number of fused-ring (bicyclic) bond motifs is 2. The zero-order chi connectivity index (χ0) is 15.1. The molecular formula is C17H20FN3O. The fraction of sp³-hybridized carbons (Fsp3) is 0.471. The molecule has 0 saturated carbocycles. The topological polar surface area (TPSA) is 48.1 Å². The van der Waals surface area contributed by atoms with Crippen molar-refractivity contribution >= 4 is 10.9 Å². The van der Waals surface area contributed by atoms with Crippen molar-refractivity contribution in [2.24, 2.45) is 5.92 Å². The Labute approximate surface area is 128 Å². The molecule has 0 spiro atoms. The maximum Gasteiger partial charge on any atom is 0.189 e. The van der Waals surface area contributed by atoms with Crippen LogP contribution in [0.3, 0.4) is 0 Å². The van der Waals surface area contributed by atoms with E-state index in [0.29, 0.717) is 16.9 Å². The second-order valence-corrected chi connectivity index (χ2v) is 6.51. The molecule has 0 aliphatic carbocycles. The molecule has 4 nitrogen and oxygen atoms in total. The molecule has 0 amide bonds. The van der Waals surface area contributed by atoms with Crippen LogP contribution in [0.25, 0.3) is 10.9 Å². The number of piperidine rings is 1. The van der Waals surface area contributed by atoms with Gasteiger partial charge in [-0.2, -0.15) is 0 Å². The highest BCUT2D eigenvalue weighted by atomic mass is 19.1. The van der Waals surface area contributed by atoms with Crippen molar-refractivity contribution in [3.8, 4) is 0 Å². The Kier molecular flexibility index (Phi) is 3.47. The number of hydrogen-bond acceptors (Lipinski definition) is 3. The molecule has 0 unspecified atom stereocenters. The smallest absolute Gasteiger partial charge is 0.189 e. The number of H-pyrrole nitrogens is 1. The van der Waals surface area contributed by atoms with E-state index >= 15 is 0 Å². The zero-order valence-corrected chi connectivity index (χ0v) is 12.4. The van der Waals surface area contributed by atoms with E-state index in [4.69, 9.17) is 0 Å². The van der Waals surface area contributed by atoms with Gasteiger partial charge in [0.15, 0.2) is 5.43 Å². The van der Waals surface area contributed by atoms with Crippen molar-refractivity contribution in [2.45, 2.75) is 25.4 Å². The third-order valence-corrected chi connectivity index (χ3v) is 4.92. The minimum Gasteiger partial charge on any atom is -0.357 e. The van der Waals surface area contributed by atoms with Gasteiger partial charge in [0, 0.05) is 48.3 Å². The lowest BCUT2D eigenvalue weighted by atomic mass is 9.94. The zero-order valence-electron chi connectivity index (χ0n) is 12.4. The van der Waals surface area contributed by atoms with E-state index in [2.05, 4.69) is 15.2 Å². The minimum atomic E-state index is -0.375. The van der Waals surface area contributed by atoms with E-state index < -0.39 is 0 Å². The van der Waals surface area contributed by atoms with E-state index in [1.807, 2.05) is 0 Å². The summed E-state index contributed by atoms with van der Waals surface area (Å²) in [6.45, 7) is 3.99. The van der Waals surface area contributed by atoms with E-state index in [1.54, 1.807) is 12.1 Å². The Morgan fingerprint density at radius 2 is 2.18 bits per heavy atom. The summed E-state index contributed by atoms with van der Waals surface area (Å²) in [5, 5.41) is 4.01. The van der Waals surface area contributed by atoms with Gasteiger partial charge in [-0.05, 0) is 43.5 Å². The summed E-state index contributed by atoms with van der Waals surface area (Å²) in [7, 11) is 0. The third kappa shape index (κ3) is 2.55. The van der Waals surface area contributed by atoms with Crippen LogP contribution >= 0.6 is 0 Å². The van der Waals surface area contributed by atoms with E-state index in [0.717, 1.165) is 37.8 Å². The number of aromatic amines is 1. The average molecular weight is 301 g/mol. The van der Waals surface area contributed by atoms with E-state index in [1.165, 1.54) is 25.0 Å². The van der Waals surface area contributed by atoms with Gasteiger partial charge >= 0.3 is 0 Å². The van der Waals surface area contributed by atoms with Gasteiger partial charge in [0.1, 0.15) is 5.82 Å². The maximum atomic E-state index is 13.2. The van der Waals surface area contributed by atoms with Crippen LogP contribution in [0.15, 0.2) is 29.1 Å². The van der Waals surface area contributed by atoms with Crippen LogP contribution in [0.4, 0.5) is 4.39 Å². The first-order valence-corrected chi connectivity index (χ1v) is 7.96. The Morgan fingerprint density at radius 3 is 3.05 bits per heavy atom. The summed E-state index contributed by atoms with van der Waals surface area (Å²) in [5.74, 6) is 0.357. The van der Waals surface area contributed by atoms with Crippen LogP contribution in [0.2, 0.25) is 0 Å². The molecule has 2 aromatic rings. The molecule has 2 N–H and O–H groups in total. The summed E-state index contributed by atoms with van der Waals surface area (Å²) in [4.78, 5) is 17.8. The summed E-state index contributed by atoms with van der Waals surface area (Å²) in [6, 6.07) is 6.52. The van der Waals surface area contributed by atoms with Gasteiger partial charge in [0.2, 0.25) is 0 Å². The van der Waals surface area contributed by atoms with Crippen LogP contribution in [0.1, 0.15) is 18.5 Å². The van der Waals surface area contributed by atoms with E-state index in [9.17, 15) is 9.18 Å². The SMILES string of the molecule is O=c1cc(CN2C[C@H]3CCCN[C@H]3C2)[nH]c2ccc(F)cc12. The lowest BCUT2D eigenvalue weighted by Crippen LogP contribution is -2.40. The summed E-state index contributed by atoms with van der Waals surface area (Å²) < 4.78 is 13.2. The summed E-state index contributed by atoms with van der Waals surface area (Å²) in [6.07, 6.45) is 2.55.